The van der Waals surface area contributed by atoms with Gasteiger partial charge in [-0.25, -0.2) is 9.98 Å². The van der Waals surface area contributed by atoms with Gasteiger partial charge < -0.3 is 10.7 Å². The van der Waals surface area contributed by atoms with E-state index < -0.39 is 0 Å². The number of nitrogens with zero attached hydrogens (tertiary/aromatic N) is 2. The number of hydrogen-bond acceptors (Lipinski definition) is 3. The normalized spacial score (nSPS) is 30.1. The van der Waals surface area contributed by atoms with Crippen LogP contribution in [0.5, 0.6) is 0 Å². The predicted molar refractivity (Wildman–Crippen MR) is 54.4 cm³/mol. The van der Waals surface area contributed by atoms with Gasteiger partial charge in [-0.1, -0.05) is 0 Å². The van der Waals surface area contributed by atoms with Crippen molar-refractivity contribution in [3.63, 3.8) is 0 Å². The zero-order chi connectivity index (χ0) is 10.7. The van der Waals surface area contributed by atoms with E-state index in [-0.39, 0.29) is 0 Å². The second-order valence-electron chi connectivity index (χ2n) is 3.73. The molecule has 14 heavy (non-hydrogen) atoms. The van der Waals surface area contributed by atoms with Crippen LogP contribution in [0.1, 0.15) is 27.1 Å². The minimum Gasteiger partial charge on any atom is -0.331 e. The smallest absolute Gasteiger partial charge is 0.222 e. The molecule has 0 unspecified atom stereocenters. The van der Waals surface area contributed by atoms with Crippen molar-refractivity contribution in [1.29, 1.82) is 0 Å². The lowest BCUT2D eigenvalue weighted by atomic mass is 9.92. The summed E-state index contributed by atoms with van der Waals surface area (Å²) in [4.78, 5) is 11.4. The lowest BCUT2D eigenvalue weighted by Crippen LogP contribution is -2.29. The Balaban J connectivity index is 2.06. The molecule has 1 aromatic rings. The molecule has 0 radical (unpaired) electrons. The van der Waals surface area contributed by atoms with Crippen molar-refractivity contribution in [2.45, 2.75) is 37.8 Å². The SMILES string of the molecule is [2H]c1cnc(=NC2CCC(N)CC2)[nH]c1. The van der Waals surface area contributed by atoms with E-state index in [4.69, 9.17) is 7.10 Å². The second kappa shape index (κ2) is 4.37. The molecule has 0 aliphatic heterocycles. The van der Waals surface area contributed by atoms with Crippen molar-refractivity contribution in [1.82, 2.24) is 9.97 Å². The van der Waals surface area contributed by atoms with Crippen LogP contribution in [0.2, 0.25) is 0 Å². The Labute approximate surface area is 84.7 Å². The number of rotatable bonds is 1. The molecule has 2 rings (SSSR count). The quantitative estimate of drug-likeness (QED) is 0.685. The molecule has 1 heterocycles. The fourth-order valence-electron chi connectivity index (χ4n) is 1.75. The van der Waals surface area contributed by atoms with Gasteiger partial charge in [-0.05, 0) is 31.7 Å². The summed E-state index contributed by atoms with van der Waals surface area (Å²) in [6, 6.07) is 1.06. The van der Waals surface area contributed by atoms with Gasteiger partial charge in [0, 0.05) is 18.4 Å². The minimum atomic E-state index is 0.338. The van der Waals surface area contributed by atoms with Gasteiger partial charge in [0.2, 0.25) is 5.62 Å². The van der Waals surface area contributed by atoms with Crippen LogP contribution in [0.4, 0.5) is 0 Å². The number of H-pyrrole nitrogens is 1. The zero-order valence-corrected chi connectivity index (χ0v) is 8.11. The average molecular weight is 193 g/mol. The van der Waals surface area contributed by atoms with Crippen LogP contribution in [0.25, 0.3) is 0 Å². The Morgan fingerprint density at radius 3 is 2.93 bits per heavy atom. The molecule has 1 aliphatic carbocycles. The number of nitrogens with one attached hydrogen (secondary N) is 1. The average Bonchev–Trinajstić information content (AvgIpc) is 2.25. The van der Waals surface area contributed by atoms with Crippen LogP contribution in [-0.2, 0) is 0 Å². The topological polar surface area (TPSA) is 67.1 Å². The molecule has 0 bridgehead atoms. The van der Waals surface area contributed by atoms with E-state index in [9.17, 15) is 0 Å². The van der Waals surface area contributed by atoms with Gasteiger partial charge in [-0.15, -0.1) is 0 Å². The number of aromatic amines is 1. The number of nitrogens with two attached hydrogens (primary N) is 1. The lowest BCUT2D eigenvalue weighted by Gasteiger charge is -2.22. The molecule has 1 aliphatic rings. The van der Waals surface area contributed by atoms with E-state index in [0.717, 1.165) is 25.7 Å². The summed E-state index contributed by atoms with van der Waals surface area (Å²) >= 11 is 0. The third-order valence-electron chi connectivity index (χ3n) is 2.59. The maximum Gasteiger partial charge on any atom is 0.222 e. The van der Waals surface area contributed by atoms with Crippen LogP contribution in [0, 0.1) is 0 Å². The molecule has 4 nitrogen and oxygen atoms in total. The van der Waals surface area contributed by atoms with E-state index >= 15 is 0 Å². The summed E-state index contributed by atoms with van der Waals surface area (Å²) in [5, 5.41) is 0. The largest absolute Gasteiger partial charge is 0.331 e. The predicted octanol–water partition coefficient (Wildman–Crippen LogP) is 0.580. The molecule has 4 heteroatoms. The highest BCUT2D eigenvalue weighted by Crippen LogP contribution is 2.18. The molecule has 76 valence electrons. The maximum absolute atomic E-state index is 7.29. The van der Waals surface area contributed by atoms with E-state index in [1.807, 2.05) is 0 Å². The Morgan fingerprint density at radius 2 is 2.29 bits per heavy atom. The summed E-state index contributed by atoms with van der Waals surface area (Å²) in [7, 11) is 0. The Morgan fingerprint density at radius 1 is 1.50 bits per heavy atom. The molecule has 0 spiro atoms. The third-order valence-corrected chi connectivity index (χ3v) is 2.59. The highest BCUT2D eigenvalue weighted by atomic mass is 15.0. The highest BCUT2D eigenvalue weighted by Gasteiger charge is 2.17. The van der Waals surface area contributed by atoms with Crippen molar-refractivity contribution in [3.05, 3.63) is 24.1 Å². The molecule has 1 saturated carbocycles. The van der Waals surface area contributed by atoms with Crippen molar-refractivity contribution in [2.24, 2.45) is 10.7 Å². The van der Waals surface area contributed by atoms with Crippen LogP contribution in [-0.4, -0.2) is 22.1 Å². The fourth-order valence-corrected chi connectivity index (χ4v) is 1.75. The summed E-state index contributed by atoms with van der Waals surface area (Å²) in [6.45, 7) is 0. The highest BCUT2D eigenvalue weighted by molar-refractivity contribution is 4.81. The first kappa shape index (κ1) is 8.17. The number of aromatic nitrogens is 2. The first-order valence-electron chi connectivity index (χ1n) is 5.55. The van der Waals surface area contributed by atoms with E-state index in [1.54, 1.807) is 6.20 Å². The standard InChI is InChI=1S/C10H16N4/c11-8-2-4-9(5-3-8)14-10-12-6-1-7-13-10/h1,6-9H,2-5,11H2,(H,12,13,14)/i1D. The summed E-state index contributed by atoms with van der Waals surface area (Å²) in [5.41, 5.74) is 6.44. The molecule has 1 fully saturated rings. The van der Waals surface area contributed by atoms with Crippen molar-refractivity contribution in [2.75, 3.05) is 0 Å². The van der Waals surface area contributed by atoms with Crippen LogP contribution in [0.15, 0.2) is 23.4 Å². The summed E-state index contributed by atoms with van der Waals surface area (Å²) in [6.07, 6.45) is 7.28. The third kappa shape index (κ3) is 2.42. The molecule has 0 amide bonds. The molecule has 3 N–H and O–H groups in total. The van der Waals surface area contributed by atoms with Crippen LogP contribution < -0.4 is 11.4 Å². The molecule has 0 atom stereocenters. The van der Waals surface area contributed by atoms with Gasteiger partial charge >= 0.3 is 0 Å². The van der Waals surface area contributed by atoms with Crippen molar-refractivity contribution < 1.29 is 1.37 Å². The van der Waals surface area contributed by atoms with Gasteiger partial charge in [0.25, 0.3) is 0 Å². The minimum absolute atomic E-state index is 0.338. The van der Waals surface area contributed by atoms with E-state index in [0.29, 0.717) is 23.7 Å². The second-order valence-corrected chi connectivity index (χ2v) is 3.73. The van der Waals surface area contributed by atoms with Gasteiger partial charge in [0.1, 0.15) is 0 Å². The lowest BCUT2D eigenvalue weighted by molar-refractivity contribution is 0.389. The number of hydrogen-bond donors (Lipinski definition) is 2. The fraction of sp³-hybridized carbons (Fsp3) is 0.600. The Hall–Kier alpha value is -1.16. The summed E-state index contributed by atoms with van der Waals surface area (Å²) < 4.78 is 7.29. The molecule has 1 aromatic heterocycles. The molecular weight excluding hydrogens is 176 g/mol. The van der Waals surface area contributed by atoms with Crippen molar-refractivity contribution in [3.8, 4) is 0 Å². The zero-order valence-electron chi connectivity index (χ0n) is 9.11. The van der Waals surface area contributed by atoms with Gasteiger partial charge in [-0.3, -0.25) is 0 Å². The Bertz CT molecular complexity index is 359. The van der Waals surface area contributed by atoms with E-state index in [2.05, 4.69) is 15.0 Å². The van der Waals surface area contributed by atoms with E-state index in [1.165, 1.54) is 6.20 Å². The van der Waals surface area contributed by atoms with Gasteiger partial charge in [0.15, 0.2) is 0 Å². The van der Waals surface area contributed by atoms with Crippen LogP contribution >= 0.6 is 0 Å². The van der Waals surface area contributed by atoms with Crippen LogP contribution in [0.3, 0.4) is 0 Å². The molecule has 0 saturated heterocycles. The molecular formula is C10H16N4. The van der Waals surface area contributed by atoms with Crippen molar-refractivity contribution >= 4 is 0 Å². The molecule has 0 aromatic carbocycles. The van der Waals surface area contributed by atoms with Gasteiger partial charge in [-0.2, -0.15) is 0 Å². The van der Waals surface area contributed by atoms with Gasteiger partial charge in [0.05, 0.1) is 7.41 Å². The monoisotopic (exact) mass is 193 g/mol. The first-order chi connectivity index (χ1) is 7.24. The first-order valence-corrected chi connectivity index (χ1v) is 5.05. The Kier molecular flexibility index (Phi) is 2.55. The maximum atomic E-state index is 7.29. The summed E-state index contributed by atoms with van der Waals surface area (Å²) in [5.74, 6) is 0.